The van der Waals surface area contributed by atoms with Gasteiger partial charge in [-0.2, -0.15) is 0 Å². The third-order valence-corrected chi connectivity index (χ3v) is 4.43. The molecule has 7 heteroatoms. The largest absolute Gasteiger partial charge is 0.493 e. The fourth-order valence-electron chi connectivity index (χ4n) is 2.03. The standard InChI is InChI=1S/C17H25Br2NO4/c18-5-1-3-7-23-14-9-13(11-16(20)17(21)22)10-15(12-14)24-8-4-2-6-19/h9-10,12,16H,1-8,11,20H2,(H,21,22)/t16-/m0/s1. The van der Waals surface area contributed by atoms with E-state index in [1.54, 1.807) is 0 Å². The summed E-state index contributed by atoms with van der Waals surface area (Å²) >= 11 is 6.78. The molecule has 5 nitrogen and oxygen atoms in total. The molecule has 24 heavy (non-hydrogen) atoms. The summed E-state index contributed by atoms with van der Waals surface area (Å²) in [6.45, 7) is 1.23. The van der Waals surface area contributed by atoms with Crippen LogP contribution in [0.25, 0.3) is 0 Å². The number of ether oxygens (including phenoxy) is 2. The maximum atomic E-state index is 11.0. The Morgan fingerprint density at radius 3 is 1.92 bits per heavy atom. The van der Waals surface area contributed by atoms with Gasteiger partial charge in [0.2, 0.25) is 0 Å². The minimum atomic E-state index is -1.02. The zero-order chi connectivity index (χ0) is 17.8. The van der Waals surface area contributed by atoms with Crippen molar-refractivity contribution < 1.29 is 19.4 Å². The van der Waals surface area contributed by atoms with Gasteiger partial charge in [0.15, 0.2) is 0 Å². The lowest BCUT2D eigenvalue weighted by Crippen LogP contribution is -2.32. The Kier molecular flexibility index (Phi) is 11.1. The van der Waals surface area contributed by atoms with Crippen molar-refractivity contribution in [3.05, 3.63) is 23.8 Å². The van der Waals surface area contributed by atoms with Crippen LogP contribution < -0.4 is 15.2 Å². The molecule has 3 N–H and O–H groups in total. The van der Waals surface area contributed by atoms with Crippen LogP contribution >= 0.6 is 31.9 Å². The Balaban J connectivity index is 2.73. The van der Waals surface area contributed by atoms with E-state index in [1.165, 1.54) is 0 Å². The van der Waals surface area contributed by atoms with Gasteiger partial charge in [0.05, 0.1) is 13.2 Å². The summed E-state index contributed by atoms with van der Waals surface area (Å²) in [5, 5.41) is 10.9. The highest BCUT2D eigenvalue weighted by atomic mass is 79.9. The van der Waals surface area contributed by atoms with Gasteiger partial charge in [-0.25, -0.2) is 0 Å². The van der Waals surface area contributed by atoms with Gasteiger partial charge in [-0.3, -0.25) is 4.79 Å². The van der Waals surface area contributed by atoms with Gasteiger partial charge in [0, 0.05) is 16.7 Å². The van der Waals surface area contributed by atoms with Crippen LogP contribution in [0.15, 0.2) is 18.2 Å². The first-order chi connectivity index (χ1) is 11.6. The summed E-state index contributed by atoms with van der Waals surface area (Å²) in [4.78, 5) is 11.0. The first kappa shape index (κ1) is 21.3. The highest BCUT2D eigenvalue weighted by molar-refractivity contribution is 9.09. The van der Waals surface area contributed by atoms with E-state index in [0.717, 1.165) is 41.9 Å². The molecule has 0 aliphatic rings. The Hall–Kier alpha value is -0.790. The van der Waals surface area contributed by atoms with Gasteiger partial charge in [0.1, 0.15) is 17.5 Å². The van der Waals surface area contributed by atoms with Crippen LogP contribution in [0, 0.1) is 0 Å². The summed E-state index contributed by atoms with van der Waals surface area (Å²) in [6.07, 6.45) is 4.22. The van der Waals surface area contributed by atoms with Crippen LogP contribution in [0.3, 0.4) is 0 Å². The van der Waals surface area contributed by atoms with E-state index in [1.807, 2.05) is 18.2 Å². The molecule has 0 unspecified atom stereocenters. The van der Waals surface area contributed by atoms with E-state index >= 15 is 0 Å². The van der Waals surface area contributed by atoms with Crippen LogP contribution in [-0.2, 0) is 11.2 Å². The molecule has 0 aliphatic heterocycles. The first-order valence-corrected chi connectivity index (χ1v) is 10.3. The molecule has 0 aliphatic carbocycles. The van der Waals surface area contributed by atoms with Gasteiger partial charge in [-0.05, 0) is 49.8 Å². The second-order valence-electron chi connectivity index (χ2n) is 5.45. The molecular weight excluding hydrogens is 442 g/mol. The van der Waals surface area contributed by atoms with Crippen molar-refractivity contribution in [3.63, 3.8) is 0 Å². The molecule has 1 atom stereocenters. The van der Waals surface area contributed by atoms with Crippen LogP contribution in [0.1, 0.15) is 31.2 Å². The van der Waals surface area contributed by atoms with E-state index in [9.17, 15) is 4.79 Å². The molecule has 0 saturated heterocycles. The van der Waals surface area contributed by atoms with Crippen LogP contribution in [0.2, 0.25) is 0 Å². The summed E-state index contributed by atoms with van der Waals surface area (Å²) in [6, 6.07) is 4.58. The number of carboxylic acids is 1. The topological polar surface area (TPSA) is 81.8 Å². The first-order valence-electron chi connectivity index (χ1n) is 8.06. The van der Waals surface area contributed by atoms with Crippen LogP contribution in [-0.4, -0.2) is 41.0 Å². The lowest BCUT2D eigenvalue weighted by Gasteiger charge is -2.13. The maximum absolute atomic E-state index is 11.0. The van der Waals surface area contributed by atoms with Gasteiger partial charge < -0.3 is 20.3 Å². The van der Waals surface area contributed by atoms with Crippen molar-refractivity contribution in [3.8, 4) is 11.5 Å². The minimum absolute atomic E-state index is 0.242. The highest BCUT2D eigenvalue weighted by Crippen LogP contribution is 2.24. The maximum Gasteiger partial charge on any atom is 0.320 e. The lowest BCUT2D eigenvalue weighted by molar-refractivity contribution is -0.138. The molecule has 1 rings (SSSR count). The van der Waals surface area contributed by atoms with Gasteiger partial charge in [-0.1, -0.05) is 31.9 Å². The Bertz CT molecular complexity index is 469. The quantitative estimate of drug-likeness (QED) is 0.341. The number of benzene rings is 1. The van der Waals surface area contributed by atoms with Gasteiger partial charge in [-0.15, -0.1) is 0 Å². The van der Waals surface area contributed by atoms with E-state index in [-0.39, 0.29) is 6.42 Å². The van der Waals surface area contributed by atoms with Crippen molar-refractivity contribution in [1.29, 1.82) is 0 Å². The number of hydrogen-bond donors (Lipinski definition) is 2. The third kappa shape index (κ3) is 8.89. The molecule has 1 aromatic carbocycles. The molecule has 0 bridgehead atoms. The summed E-state index contributed by atoms with van der Waals surface area (Å²) in [5.74, 6) is 0.365. The highest BCUT2D eigenvalue weighted by Gasteiger charge is 2.14. The summed E-state index contributed by atoms with van der Waals surface area (Å²) in [5.41, 5.74) is 6.44. The minimum Gasteiger partial charge on any atom is -0.493 e. The fourth-order valence-corrected chi connectivity index (χ4v) is 2.82. The van der Waals surface area contributed by atoms with Crippen LogP contribution in [0.5, 0.6) is 11.5 Å². The second-order valence-corrected chi connectivity index (χ2v) is 7.04. The van der Waals surface area contributed by atoms with E-state index < -0.39 is 12.0 Å². The monoisotopic (exact) mass is 465 g/mol. The molecule has 1 aromatic rings. The average Bonchev–Trinajstić information content (AvgIpc) is 2.55. The van der Waals surface area contributed by atoms with Crippen molar-refractivity contribution in [2.45, 2.75) is 38.1 Å². The molecule has 0 spiro atoms. The smallest absolute Gasteiger partial charge is 0.320 e. The van der Waals surface area contributed by atoms with E-state index in [4.69, 9.17) is 20.3 Å². The molecule has 0 aromatic heterocycles. The molecule has 136 valence electrons. The molecular formula is C17H25Br2NO4. The Labute approximate surface area is 160 Å². The predicted molar refractivity (Wildman–Crippen MR) is 103 cm³/mol. The summed E-state index contributed by atoms with van der Waals surface area (Å²) in [7, 11) is 0. The number of rotatable bonds is 13. The number of carbonyl (C=O) groups is 1. The number of halogens is 2. The number of carboxylic acid groups (broad SMARTS) is 1. The predicted octanol–water partition coefficient (Wildman–Crippen LogP) is 3.75. The van der Waals surface area contributed by atoms with Gasteiger partial charge in [0.25, 0.3) is 0 Å². The van der Waals surface area contributed by atoms with Gasteiger partial charge >= 0.3 is 5.97 Å². The Morgan fingerprint density at radius 1 is 1.00 bits per heavy atom. The zero-order valence-electron chi connectivity index (χ0n) is 13.7. The number of hydrogen-bond acceptors (Lipinski definition) is 4. The van der Waals surface area contributed by atoms with E-state index in [2.05, 4.69) is 31.9 Å². The normalized spacial score (nSPS) is 12.0. The van der Waals surface area contributed by atoms with Crippen molar-refractivity contribution in [2.75, 3.05) is 23.9 Å². The zero-order valence-corrected chi connectivity index (χ0v) is 16.9. The SMILES string of the molecule is N[C@@H](Cc1cc(OCCCCBr)cc(OCCCCBr)c1)C(=O)O. The molecule has 0 amide bonds. The Morgan fingerprint density at radius 2 is 1.50 bits per heavy atom. The summed E-state index contributed by atoms with van der Waals surface area (Å²) < 4.78 is 11.5. The van der Waals surface area contributed by atoms with Crippen molar-refractivity contribution >= 4 is 37.8 Å². The number of alkyl halides is 2. The third-order valence-electron chi connectivity index (χ3n) is 3.31. The average molecular weight is 467 g/mol. The number of aliphatic carboxylic acids is 1. The number of unbranched alkanes of at least 4 members (excludes halogenated alkanes) is 2. The van der Waals surface area contributed by atoms with Crippen molar-refractivity contribution in [1.82, 2.24) is 0 Å². The molecule has 0 radical (unpaired) electrons. The molecule has 0 fully saturated rings. The molecule has 0 heterocycles. The van der Waals surface area contributed by atoms with Crippen molar-refractivity contribution in [2.24, 2.45) is 5.73 Å². The fraction of sp³-hybridized carbons (Fsp3) is 0.588. The van der Waals surface area contributed by atoms with E-state index in [0.29, 0.717) is 24.7 Å². The second kappa shape index (κ2) is 12.6. The molecule has 0 saturated carbocycles. The van der Waals surface area contributed by atoms with Crippen LogP contribution in [0.4, 0.5) is 0 Å². The lowest BCUT2D eigenvalue weighted by atomic mass is 10.1. The number of nitrogens with two attached hydrogens (primary N) is 1.